The molecule has 6 heteroatoms. The number of hydrogen-bond donors (Lipinski definition) is 1. The predicted molar refractivity (Wildman–Crippen MR) is 94.9 cm³/mol. The highest BCUT2D eigenvalue weighted by molar-refractivity contribution is 6.04. The number of carbonyl (C=O) groups is 2. The topological polar surface area (TPSA) is 68.3 Å². The van der Waals surface area contributed by atoms with Crippen molar-refractivity contribution in [1.29, 1.82) is 0 Å². The Bertz CT molecular complexity index is 936. The second-order valence-corrected chi connectivity index (χ2v) is 5.77. The molecule has 1 atom stereocenters. The predicted octanol–water partition coefficient (Wildman–Crippen LogP) is 3.24. The monoisotopic (exact) mass is 352 g/mol. The van der Waals surface area contributed by atoms with Crippen LogP contribution in [0.15, 0.2) is 60.8 Å². The lowest BCUT2D eigenvalue weighted by atomic mass is 10.1. The van der Waals surface area contributed by atoms with Crippen LogP contribution >= 0.6 is 0 Å². The largest absolute Gasteiger partial charge is 0.449 e. The van der Waals surface area contributed by atoms with Crippen molar-refractivity contribution in [2.24, 2.45) is 0 Å². The Hall–Kier alpha value is -3.28. The smallest absolute Gasteiger partial charge is 0.339 e. The van der Waals surface area contributed by atoms with E-state index in [1.807, 2.05) is 0 Å². The van der Waals surface area contributed by atoms with Crippen molar-refractivity contribution < 1.29 is 18.7 Å². The van der Waals surface area contributed by atoms with Crippen LogP contribution in [0.3, 0.4) is 0 Å². The molecule has 0 spiro atoms. The molecular weight excluding hydrogens is 335 g/mol. The molecule has 1 heterocycles. The van der Waals surface area contributed by atoms with Gasteiger partial charge in [-0.1, -0.05) is 24.3 Å². The fourth-order valence-corrected chi connectivity index (χ4v) is 2.49. The molecular formula is C20H17FN2O3. The van der Waals surface area contributed by atoms with Crippen LogP contribution in [-0.4, -0.2) is 23.0 Å². The summed E-state index contributed by atoms with van der Waals surface area (Å²) >= 11 is 0. The first-order valence-electron chi connectivity index (χ1n) is 8.11. The molecule has 1 N–H and O–H groups in total. The number of esters is 1. The third kappa shape index (κ3) is 4.03. The molecule has 2 aromatic carbocycles. The molecule has 0 aliphatic rings. The highest BCUT2D eigenvalue weighted by Crippen LogP contribution is 2.18. The zero-order valence-corrected chi connectivity index (χ0v) is 14.1. The summed E-state index contributed by atoms with van der Waals surface area (Å²) in [7, 11) is 0. The zero-order valence-electron chi connectivity index (χ0n) is 14.1. The van der Waals surface area contributed by atoms with Crippen molar-refractivity contribution in [3.8, 4) is 0 Å². The van der Waals surface area contributed by atoms with Crippen LogP contribution in [0.25, 0.3) is 10.9 Å². The molecule has 132 valence electrons. The number of ether oxygens (including phenoxy) is 1. The lowest BCUT2D eigenvalue weighted by Crippen LogP contribution is -2.35. The standard InChI is InChI=1S/C20H17FN2O3/c1-13(19(24)23-12-14-7-9-15(21)10-8-14)26-20(25)17-4-2-6-18-16(17)5-3-11-22-18/h2-11,13H,12H2,1H3,(H,23,24)/t13-/m1/s1. The number of pyridine rings is 1. The highest BCUT2D eigenvalue weighted by atomic mass is 19.1. The van der Waals surface area contributed by atoms with Crippen LogP contribution in [0.2, 0.25) is 0 Å². The molecule has 0 saturated carbocycles. The summed E-state index contributed by atoms with van der Waals surface area (Å²) in [4.78, 5) is 28.7. The maximum absolute atomic E-state index is 12.9. The molecule has 3 aromatic rings. The fraction of sp³-hybridized carbons (Fsp3) is 0.150. The average molecular weight is 352 g/mol. The summed E-state index contributed by atoms with van der Waals surface area (Å²) < 4.78 is 18.2. The minimum Gasteiger partial charge on any atom is -0.449 e. The van der Waals surface area contributed by atoms with E-state index in [1.54, 1.807) is 48.7 Å². The number of benzene rings is 2. The molecule has 0 aliphatic heterocycles. The maximum atomic E-state index is 12.9. The zero-order chi connectivity index (χ0) is 18.5. The van der Waals surface area contributed by atoms with E-state index >= 15 is 0 Å². The summed E-state index contributed by atoms with van der Waals surface area (Å²) in [5.74, 6) is -1.36. The molecule has 0 saturated heterocycles. The van der Waals surface area contributed by atoms with Crippen molar-refractivity contribution in [3.05, 3.63) is 77.7 Å². The summed E-state index contributed by atoms with van der Waals surface area (Å²) in [6.45, 7) is 1.72. The summed E-state index contributed by atoms with van der Waals surface area (Å²) in [5, 5.41) is 3.33. The van der Waals surface area contributed by atoms with Gasteiger partial charge in [-0.3, -0.25) is 9.78 Å². The minimum atomic E-state index is -0.963. The van der Waals surface area contributed by atoms with Gasteiger partial charge in [0.25, 0.3) is 5.91 Å². The van der Waals surface area contributed by atoms with Crippen molar-refractivity contribution in [2.45, 2.75) is 19.6 Å². The second kappa shape index (κ2) is 7.74. The van der Waals surface area contributed by atoms with Crippen molar-refractivity contribution in [1.82, 2.24) is 10.3 Å². The fourth-order valence-electron chi connectivity index (χ4n) is 2.49. The van der Waals surface area contributed by atoms with Crippen LogP contribution in [0.5, 0.6) is 0 Å². The Morgan fingerprint density at radius 3 is 2.65 bits per heavy atom. The lowest BCUT2D eigenvalue weighted by molar-refractivity contribution is -0.129. The first kappa shape index (κ1) is 17.5. The molecule has 0 fully saturated rings. The van der Waals surface area contributed by atoms with E-state index in [1.165, 1.54) is 19.1 Å². The second-order valence-electron chi connectivity index (χ2n) is 5.77. The van der Waals surface area contributed by atoms with E-state index in [0.29, 0.717) is 16.5 Å². The number of aromatic nitrogens is 1. The molecule has 0 radical (unpaired) electrons. The van der Waals surface area contributed by atoms with E-state index in [4.69, 9.17) is 4.74 Å². The van der Waals surface area contributed by atoms with Gasteiger partial charge in [0.05, 0.1) is 11.1 Å². The number of amides is 1. The van der Waals surface area contributed by atoms with Crippen molar-refractivity contribution >= 4 is 22.8 Å². The van der Waals surface area contributed by atoms with E-state index in [0.717, 1.165) is 5.56 Å². The first-order chi connectivity index (χ1) is 12.5. The average Bonchev–Trinajstić information content (AvgIpc) is 2.66. The van der Waals surface area contributed by atoms with Gasteiger partial charge in [0.2, 0.25) is 0 Å². The highest BCUT2D eigenvalue weighted by Gasteiger charge is 2.20. The van der Waals surface area contributed by atoms with Gasteiger partial charge < -0.3 is 10.1 Å². The molecule has 1 aromatic heterocycles. The van der Waals surface area contributed by atoms with E-state index in [2.05, 4.69) is 10.3 Å². The van der Waals surface area contributed by atoms with Gasteiger partial charge >= 0.3 is 5.97 Å². The van der Waals surface area contributed by atoms with Crippen LogP contribution < -0.4 is 5.32 Å². The maximum Gasteiger partial charge on any atom is 0.339 e. The number of fused-ring (bicyclic) bond motifs is 1. The summed E-state index contributed by atoms with van der Waals surface area (Å²) in [5.41, 5.74) is 1.78. The van der Waals surface area contributed by atoms with Crippen molar-refractivity contribution in [2.75, 3.05) is 0 Å². The molecule has 5 nitrogen and oxygen atoms in total. The van der Waals surface area contributed by atoms with Crippen LogP contribution in [0.1, 0.15) is 22.8 Å². The normalized spacial score (nSPS) is 11.8. The lowest BCUT2D eigenvalue weighted by Gasteiger charge is -2.14. The van der Waals surface area contributed by atoms with Gasteiger partial charge in [0.15, 0.2) is 6.10 Å². The number of carbonyl (C=O) groups excluding carboxylic acids is 2. The number of rotatable bonds is 5. The molecule has 3 rings (SSSR count). The molecule has 26 heavy (non-hydrogen) atoms. The summed E-state index contributed by atoms with van der Waals surface area (Å²) in [6.07, 6.45) is 0.679. The van der Waals surface area contributed by atoms with Gasteiger partial charge in [-0.05, 0) is 42.8 Å². The van der Waals surface area contributed by atoms with Gasteiger partial charge in [0.1, 0.15) is 5.82 Å². The van der Waals surface area contributed by atoms with Gasteiger partial charge in [-0.25, -0.2) is 9.18 Å². The van der Waals surface area contributed by atoms with E-state index in [9.17, 15) is 14.0 Å². The molecule has 0 aliphatic carbocycles. The van der Waals surface area contributed by atoms with E-state index < -0.39 is 18.0 Å². The third-order valence-electron chi connectivity index (χ3n) is 3.90. The van der Waals surface area contributed by atoms with Gasteiger partial charge in [-0.2, -0.15) is 0 Å². The Morgan fingerprint density at radius 2 is 1.88 bits per heavy atom. The SMILES string of the molecule is C[C@@H](OC(=O)c1cccc2ncccc12)C(=O)NCc1ccc(F)cc1. The van der Waals surface area contributed by atoms with Crippen LogP contribution in [-0.2, 0) is 16.1 Å². The van der Waals surface area contributed by atoms with E-state index in [-0.39, 0.29) is 12.4 Å². The first-order valence-corrected chi connectivity index (χ1v) is 8.11. The molecule has 1 amide bonds. The Kier molecular flexibility index (Phi) is 5.22. The van der Waals surface area contributed by atoms with Gasteiger partial charge in [0, 0.05) is 18.1 Å². The van der Waals surface area contributed by atoms with Crippen LogP contribution in [0, 0.1) is 5.82 Å². The number of nitrogens with zero attached hydrogens (tertiary/aromatic N) is 1. The molecule has 0 unspecified atom stereocenters. The Morgan fingerprint density at radius 1 is 1.12 bits per heavy atom. The number of hydrogen-bond acceptors (Lipinski definition) is 4. The minimum absolute atomic E-state index is 0.221. The Labute approximate surface area is 149 Å². The summed E-state index contributed by atoms with van der Waals surface area (Å²) in [6, 6.07) is 14.4. The quantitative estimate of drug-likeness (QED) is 0.716. The van der Waals surface area contributed by atoms with Crippen molar-refractivity contribution in [3.63, 3.8) is 0 Å². The molecule has 0 bridgehead atoms. The third-order valence-corrected chi connectivity index (χ3v) is 3.90. The number of halogens is 1. The van der Waals surface area contributed by atoms with Crippen LogP contribution in [0.4, 0.5) is 4.39 Å². The van der Waals surface area contributed by atoms with Gasteiger partial charge in [-0.15, -0.1) is 0 Å². The Balaban J connectivity index is 1.63. The number of nitrogens with one attached hydrogen (secondary N) is 1.